The number of nitrogens with zero attached hydrogens (tertiary/aromatic N) is 1. The molecule has 0 bridgehead atoms. The second-order valence-corrected chi connectivity index (χ2v) is 8.05. The van der Waals surface area contributed by atoms with E-state index in [0.717, 1.165) is 31.0 Å². The number of urea groups is 1. The van der Waals surface area contributed by atoms with E-state index < -0.39 is 23.8 Å². The molecule has 3 aliphatic rings. The van der Waals surface area contributed by atoms with Gasteiger partial charge in [0.25, 0.3) is 0 Å². The van der Waals surface area contributed by atoms with Crippen molar-refractivity contribution in [2.45, 2.75) is 64.8 Å². The molecule has 34 heavy (non-hydrogen) atoms. The molecule has 0 spiro atoms. The van der Waals surface area contributed by atoms with Crippen molar-refractivity contribution in [3.8, 4) is 0 Å². The Balaban J connectivity index is 0.000000268. The van der Waals surface area contributed by atoms with Gasteiger partial charge in [0.2, 0.25) is 17.7 Å². The number of primary amides is 1. The van der Waals surface area contributed by atoms with Crippen LogP contribution in [0.5, 0.6) is 0 Å². The molecule has 3 rings (SSSR count). The van der Waals surface area contributed by atoms with Gasteiger partial charge in [0.05, 0.1) is 6.61 Å². The Morgan fingerprint density at radius 3 is 2.06 bits per heavy atom. The van der Waals surface area contributed by atoms with Crippen LogP contribution in [0.2, 0.25) is 0 Å². The summed E-state index contributed by atoms with van der Waals surface area (Å²) in [4.78, 5) is 66.1. The molecule has 0 aromatic rings. The predicted molar refractivity (Wildman–Crippen MR) is 118 cm³/mol. The molecule has 0 aromatic heterocycles. The predicted octanol–water partition coefficient (Wildman–Crippen LogP) is 0.451. The van der Waals surface area contributed by atoms with Gasteiger partial charge in [-0.05, 0) is 45.4 Å². The fourth-order valence-electron chi connectivity index (χ4n) is 3.52. The summed E-state index contributed by atoms with van der Waals surface area (Å²) in [5.41, 5.74) is 5.04. The van der Waals surface area contributed by atoms with Gasteiger partial charge in [0.1, 0.15) is 18.6 Å². The molecule has 3 heterocycles. The third-order valence-corrected chi connectivity index (χ3v) is 5.13. The lowest BCUT2D eigenvalue weighted by Crippen LogP contribution is -2.57. The van der Waals surface area contributed by atoms with Gasteiger partial charge in [-0.2, -0.15) is 0 Å². The average Bonchev–Trinajstić information content (AvgIpc) is 2.75. The van der Waals surface area contributed by atoms with E-state index in [1.54, 1.807) is 6.92 Å². The lowest BCUT2D eigenvalue weighted by Gasteiger charge is -2.34. The Kier molecular flexibility index (Phi) is 13.6. The van der Waals surface area contributed by atoms with Crippen LogP contribution in [0.25, 0.3) is 0 Å². The molecule has 0 aromatic carbocycles. The molecule has 0 atom stereocenters. The van der Waals surface area contributed by atoms with Crippen molar-refractivity contribution in [3.05, 3.63) is 0 Å². The van der Waals surface area contributed by atoms with E-state index in [2.05, 4.69) is 10.1 Å². The van der Waals surface area contributed by atoms with E-state index in [4.69, 9.17) is 15.2 Å². The molecule has 0 unspecified atom stereocenters. The zero-order valence-electron chi connectivity index (χ0n) is 19.8. The zero-order valence-corrected chi connectivity index (χ0v) is 19.8. The van der Waals surface area contributed by atoms with Gasteiger partial charge in [-0.15, -0.1) is 0 Å². The summed E-state index contributed by atoms with van der Waals surface area (Å²) < 4.78 is 14.8. The summed E-state index contributed by atoms with van der Waals surface area (Å²) in [5.74, 6) is -1.24. The SMILES string of the molecule is CCOC(=O)CC(C)=O.NC(=O)CC1CCOCC1.O=C1CC(=O)N(C2CCOCC2)C(=O)N1. The van der Waals surface area contributed by atoms with Crippen molar-refractivity contribution < 1.29 is 43.0 Å². The van der Waals surface area contributed by atoms with Crippen molar-refractivity contribution in [2.24, 2.45) is 11.7 Å². The minimum Gasteiger partial charge on any atom is -0.466 e. The molecule has 192 valence electrons. The van der Waals surface area contributed by atoms with Crippen LogP contribution in [0.3, 0.4) is 0 Å². The smallest absolute Gasteiger partial charge is 0.331 e. The highest BCUT2D eigenvalue weighted by atomic mass is 16.5. The monoisotopic (exact) mass is 485 g/mol. The summed E-state index contributed by atoms with van der Waals surface area (Å²) in [6.45, 7) is 6.09. The van der Waals surface area contributed by atoms with Gasteiger partial charge in [-0.3, -0.25) is 34.2 Å². The Morgan fingerprint density at radius 1 is 1.03 bits per heavy atom. The average molecular weight is 486 g/mol. The first-order valence-corrected chi connectivity index (χ1v) is 11.4. The van der Waals surface area contributed by atoms with E-state index in [1.165, 1.54) is 6.92 Å². The highest BCUT2D eigenvalue weighted by Crippen LogP contribution is 2.18. The molecule has 5 amide bonds. The number of carbonyl (C=O) groups excluding carboxylic acids is 6. The minimum atomic E-state index is -0.594. The number of hydrogen-bond acceptors (Lipinski definition) is 9. The van der Waals surface area contributed by atoms with Gasteiger partial charge in [0.15, 0.2) is 0 Å². The fraction of sp³-hybridized carbons (Fsp3) is 0.727. The number of nitrogens with one attached hydrogen (secondary N) is 1. The normalized spacial score (nSPS) is 19.1. The van der Waals surface area contributed by atoms with E-state index in [0.29, 0.717) is 45.0 Å². The number of hydrogen-bond donors (Lipinski definition) is 2. The van der Waals surface area contributed by atoms with Gasteiger partial charge in [-0.1, -0.05) is 0 Å². The number of Topliss-reactive ketones (excluding diaryl/α,β-unsaturated/α-hetero) is 1. The van der Waals surface area contributed by atoms with Crippen LogP contribution in [0.1, 0.15) is 58.8 Å². The van der Waals surface area contributed by atoms with E-state index in [9.17, 15) is 28.8 Å². The number of ketones is 1. The summed E-state index contributed by atoms with van der Waals surface area (Å²) in [6.07, 6.45) is 3.47. The maximum absolute atomic E-state index is 11.5. The molecule has 0 aliphatic carbocycles. The fourth-order valence-corrected chi connectivity index (χ4v) is 3.52. The lowest BCUT2D eigenvalue weighted by molar-refractivity contribution is -0.145. The lowest BCUT2D eigenvalue weighted by atomic mass is 9.96. The second kappa shape index (κ2) is 15.9. The molecule has 0 radical (unpaired) electrons. The number of imide groups is 2. The topological polar surface area (TPSA) is 171 Å². The van der Waals surface area contributed by atoms with Crippen molar-refractivity contribution in [2.75, 3.05) is 33.0 Å². The molecular formula is C22H35N3O9. The van der Waals surface area contributed by atoms with Gasteiger partial charge in [-0.25, -0.2) is 4.79 Å². The summed E-state index contributed by atoms with van der Waals surface area (Å²) in [5, 5.41) is 2.14. The van der Waals surface area contributed by atoms with Crippen LogP contribution in [-0.4, -0.2) is 79.5 Å². The number of carbonyl (C=O) groups is 6. The van der Waals surface area contributed by atoms with Crippen LogP contribution >= 0.6 is 0 Å². The highest BCUT2D eigenvalue weighted by Gasteiger charge is 2.36. The summed E-state index contributed by atoms with van der Waals surface area (Å²) in [6, 6.07) is -0.720. The highest BCUT2D eigenvalue weighted by molar-refractivity contribution is 6.14. The van der Waals surface area contributed by atoms with Crippen LogP contribution in [-0.2, 0) is 38.2 Å². The largest absolute Gasteiger partial charge is 0.466 e. The van der Waals surface area contributed by atoms with Crippen LogP contribution in [0.4, 0.5) is 4.79 Å². The summed E-state index contributed by atoms with van der Waals surface area (Å²) in [7, 11) is 0. The van der Waals surface area contributed by atoms with Crippen molar-refractivity contribution in [3.63, 3.8) is 0 Å². The van der Waals surface area contributed by atoms with Gasteiger partial charge < -0.3 is 19.9 Å². The number of nitrogens with two attached hydrogens (primary N) is 1. The van der Waals surface area contributed by atoms with Gasteiger partial charge in [0, 0.05) is 38.9 Å². The third-order valence-electron chi connectivity index (χ3n) is 5.13. The standard InChI is InChI=1S/C9H12N2O4.C7H13NO2.C6H10O3/c12-7-5-8(13)11(9(14)10-7)6-1-3-15-4-2-6;8-7(9)5-6-1-3-10-4-2-6;1-3-9-6(8)4-5(2)7/h6H,1-5H2,(H,10,12,14);6H,1-5H2,(H2,8,9);3-4H2,1-2H3. The molecule has 3 N–H and O–H groups in total. The Hall–Kier alpha value is -2.86. The minimum absolute atomic E-state index is 0.103. The maximum Gasteiger partial charge on any atom is 0.331 e. The number of esters is 1. The molecular weight excluding hydrogens is 450 g/mol. The van der Waals surface area contributed by atoms with Crippen molar-refractivity contribution in [1.29, 1.82) is 0 Å². The van der Waals surface area contributed by atoms with E-state index in [-0.39, 0.29) is 30.6 Å². The Labute approximate surface area is 198 Å². The van der Waals surface area contributed by atoms with Crippen LogP contribution < -0.4 is 11.1 Å². The summed E-state index contributed by atoms with van der Waals surface area (Å²) >= 11 is 0. The first-order valence-electron chi connectivity index (χ1n) is 11.4. The zero-order chi connectivity index (χ0) is 25.5. The molecule has 3 fully saturated rings. The van der Waals surface area contributed by atoms with Crippen molar-refractivity contribution in [1.82, 2.24) is 10.2 Å². The number of ether oxygens (including phenoxy) is 3. The molecule has 12 heteroatoms. The quantitative estimate of drug-likeness (QED) is 0.400. The van der Waals surface area contributed by atoms with E-state index in [1.807, 2.05) is 0 Å². The number of amides is 5. The molecule has 12 nitrogen and oxygen atoms in total. The number of barbiturate groups is 1. The Bertz CT molecular complexity index is 709. The molecule has 3 saturated heterocycles. The Morgan fingerprint density at radius 2 is 1.59 bits per heavy atom. The van der Waals surface area contributed by atoms with Crippen molar-refractivity contribution >= 4 is 35.5 Å². The molecule has 0 saturated carbocycles. The van der Waals surface area contributed by atoms with Gasteiger partial charge >= 0.3 is 12.0 Å². The van der Waals surface area contributed by atoms with E-state index >= 15 is 0 Å². The number of rotatable bonds is 6. The first kappa shape index (κ1) is 29.2. The maximum atomic E-state index is 11.5. The molecule has 3 aliphatic heterocycles. The van der Waals surface area contributed by atoms with Crippen LogP contribution in [0, 0.1) is 5.92 Å². The first-order chi connectivity index (χ1) is 16.1. The second-order valence-electron chi connectivity index (χ2n) is 8.05. The third kappa shape index (κ3) is 11.8. The van der Waals surface area contributed by atoms with Crippen LogP contribution in [0.15, 0.2) is 0 Å².